The van der Waals surface area contributed by atoms with Crippen LogP contribution in [-0.2, 0) is 0 Å². The van der Waals surface area contributed by atoms with Crippen LogP contribution >= 0.6 is 22.9 Å². The molecule has 0 saturated carbocycles. The van der Waals surface area contributed by atoms with Gasteiger partial charge in [0.25, 0.3) is 0 Å². The van der Waals surface area contributed by atoms with Crippen LogP contribution in [0, 0.1) is 0 Å². The highest BCUT2D eigenvalue weighted by Crippen LogP contribution is 2.27. The summed E-state index contributed by atoms with van der Waals surface area (Å²) >= 11 is 7.40. The van der Waals surface area contributed by atoms with Crippen LogP contribution in [0.3, 0.4) is 0 Å². The van der Waals surface area contributed by atoms with Crippen molar-refractivity contribution in [1.82, 2.24) is 4.98 Å². The molecular weight excluding hydrogens is 314 g/mol. The summed E-state index contributed by atoms with van der Waals surface area (Å²) in [5.74, 6) is 0. The minimum absolute atomic E-state index is 0.609. The highest BCUT2D eigenvalue weighted by molar-refractivity contribution is 7.09. The smallest absolute Gasteiger partial charge is 0.131 e. The van der Waals surface area contributed by atoms with Crippen LogP contribution in [-0.4, -0.2) is 10.1 Å². The highest BCUT2D eigenvalue weighted by atomic mass is 35.5. The zero-order valence-corrected chi connectivity index (χ0v) is 13.3. The van der Waals surface area contributed by atoms with Gasteiger partial charge in [-0.25, -0.2) is 4.98 Å². The Bertz CT molecular complexity index is 783. The van der Waals surface area contributed by atoms with Gasteiger partial charge in [0.15, 0.2) is 0 Å². The molecule has 0 aliphatic heterocycles. The molecule has 4 heteroatoms. The summed E-state index contributed by atoms with van der Waals surface area (Å²) in [5.41, 5.74) is 2.71. The van der Waals surface area contributed by atoms with E-state index in [1.807, 2.05) is 60.0 Å². The van der Waals surface area contributed by atoms with E-state index in [0.29, 0.717) is 10.0 Å². The molecule has 1 heterocycles. The van der Waals surface area contributed by atoms with Crippen LogP contribution in [0.5, 0.6) is 0 Å². The summed E-state index contributed by atoms with van der Waals surface area (Å²) in [6.07, 6.45) is 3.20. The number of aliphatic hydroxyl groups is 1. The van der Waals surface area contributed by atoms with Crippen LogP contribution in [0.1, 0.15) is 27.9 Å². The van der Waals surface area contributed by atoms with E-state index in [0.717, 1.165) is 16.8 Å². The van der Waals surface area contributed by atoms with Crippen LogP contribution in [0.25, 0.3) is 12.2 Å². The third-order valence-corrected chi connectivity index (χ3v) is 4.33. The van der Waals surface area contributed by atoms with Crippen molar-refractivity contribution in [2.75, 3.05) is 0 Å². The molecule has 3 aromatic rings. The first-order valence-electron chi connectivity index (χ1n) is 6.84. The van der Waals surface area contributed by atoms with E-state index in [4.69, 9.17) is 11.6 Å². The SMILES string of the molecule is OC(c1cccc(Cl)c1)c1nc(/C=C/c2ccccc2)cs1. The summed E-state index contributed by atoms with van der Waals surface area (Å²) < 4.78 is 0. The van der Waals surface area contributed by atoms with Crippen molar-refractivity contribution < 1.29 is 5.11 Å². The number of hydrogen-bond acceptors (Lipinski definition) is 3. The summed E-state index contributed by atoms with van der Waals surface area (Å²) in [4.78, 5) is 4.47. The third-order valence-electron chi connectivity index (χ3n) is 3.18. The summed E-state index contributed by atoms with van der Waals surface area (Å²) in [5, 5.41) is 13.6. The zero-order chi connectivity index (χ0) is 15.4. The summed E-state index contributed by atoms with van der Waals surface area (Å²) in [7, 11) is 0. The van der Waals surface area contributed by atoms with E-state index in [1.165, 1.54) is 11.3 Å². The fourth-order valence-electron chi connectivity index (χ4n) is 2.07. The average molecular weight is 328 g/mol. The number of nitrogens with zero attached hydrogens (tertiary/aromatic N) is 1. The Kier molecular flexibility index (Phi) is 4.68. The summed E-state index contributed by atoms with van der Waals surface area (Å²) in [6, 6.07) is 17.3. The fraction of sp³-hybridized carbons (Fsp3) is 0.0556. The average Bonchev–Trinajstić information content (AvgIpc) is 3.02. The minimum atomic E-state index is -0.748. The van der Waals surface area contributed by atoms with Gasteiger partial charge >= 0.3 is 0 Å². The Morgan fingerprint density at radius 1 is 1.05 bits per heavy atom. The molecule has 2 aromatic carbocycles. The number of aromatic nitrogens is 1. The molecule has 0 saturated heterocycles. The molecule has 1 unspecified atom stereocenters. The quantitative estimate of drug-likeness (QED) is 0.727. The molecule has 0 aliphatic rings. The first-order valence-corrected chi connectivity index (χ1v) is 8.10. The van der Waals surface area contributed by atoms with Gasteiger partial charge in [-0.3, -0.25) is 0 Å². The predicted molar refractivity (Wildman–Crippen MR) is 93.0 cm³/mol. The Balaban J connectivity index is 1.77. The zero-order valence-electron chi connectivity index (χ0n) is 11.7. The largest absolute Gasteiger partial charge is 0.381 e. The molecule has 1 N–H and O–H groups in total. The summed E-state index contributed by atoms with van der Waals surface area (Å²) in [6.45, 7) is 0. The first kappa shape index (κ1) is 15.0. The van der Waals surface area contributed by atoms with Gasteiger partial charge in [0.2, 0.25) is 0 Å². The van der Waals surface area contributed by atoms with Crippen molar-refractivity contribution in [3.8, 4) is 0 Å². The Hall–Kier alpha value is -1.94. The van der Waals surface area contributed by atoms with Crippen molar-refractivity contribution in [1.29, 1.82) is 0 Å². The molecule has 0 radical (unpaired) electrons. The van der Waals surface area contributed by atoms with Gasteiger partial charge in [-0.15, -0.1) is 11.3 Å². The fourth-order valence-corrected chi connectivity index (χ4v) is 3.06. The van der Waals surface area contributed by atoms with E-state index < -0.39 is 6.10 Å². The molecule has 1 atom stereocenters. The van der Waals surface area contributed by atoms with Crippen LogP contribution < -0.4 is 0 Å². The lowest BCUT2D eigenvalue weighted by Gasteiger charge is -2.07. The second-order valence-corrected chi connectivity index (χ2v) is 6.14. The van der Waals surface area contributed by atoms with Crippen molar-refractivity contribution in [3.05, 3.63) is 86.8 Å². The third kappa shape index (κ3) is 3.63. The molecule has 0 spiro atoms. The second-order valence-electron chi connectivity index (χ2n) is 4.81. The number of aliphatic hydroxyl groups excluding tert-OH is 1. The van der Waals surface area contributed by atoms with Gasteiger partial charge in [0, 0.05) is 10.4 Å². The lowest BCUT2D eigenvalue weighted by molar-refractivity contribution is 0.219. The Morgan fingerprint density at radius 2 is 1.86 bits per heavy atom. The lowest BCUT2D eigenvalue weighted by Crippen LogP contribution is -1.98. The van der Waals surface area contributed by atoms with Crippen LogP contribution in [0.4, 0.5) is 0 Å². The van der Waals surface area contributed by atoms with E-state index >= 15 is 0 Å². The molecule has 0 bridgehead atoms. The van der Waals surface area contributed by atoms with Crippen LogP contribution in [0.2, 0.25) is 5.02 Å². The standard InChI is InChI=1S/C18H14ClNOS/c19-15-8-4-7-14(11-15)17(21)18-20-16(12-22-18)10-9-13-5-2-1-3-6-13/h1-12,17,21H/b10-9+. The molecule has 0 fully saturated rings. The lowest BCUT2D eigenvalue weighted by atomic mass is 10.1. The number of benzene rings is 2. The Morgan fingerprint density at radius 3 is 2.64 bits per heavy atom. The molecule has 110 valence electrons. The van der Waals surface area contributed by atoms with E-state index in [9.17, 15) is 5.11 Å². The van der Waals surface area contributed by atoms with E-state index in [2.05, 4.69) is 4.98 Å². The van der Waals surface area contributed by atoms with Crippen molar-refractivity contribution in [3.63, 3.8) is 0 Å². The normalized spacial score (nSPS) is 12.6. The maximum absolute atomic E-state index is 10.4. The van der Waals surface area contributed by atoms with Gasteiger partial charge in [0.1, 0.15) is 11.1 Å². The van der Waals surface area contributed by atoms with Crippen molar-refractivity contribution in [2.45, 2.75) is 6.10 Å². The van der Waals surface area contributed by atoms with E-state index in [-0.39, 0.29) is 0 Å². The van der Waals surface area contributed by atoms with Gasteiger partial charge in [-0.2, -0.15) is 0 Å². The predicted octanol–water partition coefficient (Wildman–Crippen LogP) is 5.05. The molecule has 0 amide bonds. The van der Waals surface area contributed by atoms with E-state index in [1.54, 1.807) is 12.1 Å². The molecule has 1 aromatic heterocycles. The number of hydrogen-bond donors (Lipinski definition) is 1. The van der Waals surface area contributed by atoms with Crippen LogP contribution in [0.15, 0.2) is 60.0 Å². The molecule has 3 rings (SSSR count). The topological polar surface area (TPSA) is 33.1 Å². The van der Waals surface area contributed by atoms with Crippen molar-refractivity contribution in [2.24, 2.45) is 0 Å². The number of rotatable bonds is 4. The minimum Gasteiger partial charge on any atom is -0.381 e. The van der Waals surface area contributed by atoms with Gasteiger partial charge in [-0.05, 0) is 29.3 Å². The number of thiazole rings is 1. The molecule has 22 heavy (non-hydrogen) atoms. The number of halogens is 1. The highest BCUT2D eigenvalue weighted by Gasteiger charge is 2.14. The monoisotopic (exact) mass is 327 g/mol. The molecule has 2 nitrogen and oxygen atoms in total. The van der Waals surface area contributed by atoms with Gasteiger partial charge in [0.05, 0.1) is 5.69 Å². The molecular formula is C18H14ClNOS. The van der Waals surface area contributed by atoms with Gasteiger partial charge in [-0.1, -0.05) is 60.1 Å². The van der Waals surface area contributed by atoms with Crippen molar-refractivity contribution >= 4 is 35.1 Å². The molecule has 0 aliphatic carbocycles. The Labute approximate surface area is 138 Å². The maximum atomic E-state index is 10.4. The second kappa shape index (κ2) is 6.88. The maximum Gasteiger partial charge on any atom is 0.131 e. The first-order chi connectivity index (χ1) is 10.7. The van der Waals surface area contributed by atoms with Gasteiger partial charge < -0.3 is 5.11 Å².